The van der Waals surface area contributed by atoms with Crippen LogP contribution >= 0.6 is 0 Å². The van der Waals surface area contributed by atoms with Crippen molar-refractivity contribution in [3.05, 3.63) is 0 Å². The highest BCUT2D eigenvalue weighted by Crippen LogP contribution is 2.81. The van der Waals surface area contributed by atoms with Gasteiger partial charge in [-0.05, 0) is 25.8 Å². The Morgan fingerprint density at radius 1 is 0.912 bits per heavy atom. The fourth-order valence-corrected chi connectivity index (χ4v) is 11.0. The number of methoxy groups -OCH3 is 4. The summed E-state index contributed by atoms with van der Waals surface area (Å²) in [6.45, 7) is 3.15. The molecular weight excluding hydrogens is 442 g/mol. The predicted molar refractivity (Wildman–Crippen MR) is 120 cm³/mol. The van der Waals surface area contributed by atoms with E-state index in [0.717, 1.165) is 0 Å². The lowest BCUT2D eigenvalue weighted by Crippen LogP contribution is -2.86. The molecule has 0 unspecified atom stereocenters. The summed E-state index contributed by atoms with van der Waals surface area (Å²) in [4.78, 5) is 2.18. The van der Waals surface area contributed by atoms with Gasteiger partial charge in [0, 0.05) is 64.6 Å². The zero-order chi connectivity index (χ0) is 24.5. The maximum Gasteiger partial charge on any atom is 0.136 e. The number of piperidine rings is 1. The van der Waals surface area contributed by atoms with E-state index in [1.807, 2.05) is 6.92 Å². The molecule has 13 atom stereocenters. The van der Waals surface area contributed by atoms with Crippen LogP contribution in [0.5, 0.6) is 0 Å². The number of ether oxygens (including phenoxy) is 4. The number of hydrogen-bond acceptors (Lipinski definition) is 9. The molecule has 0 aromatic heterocycles. The second kappa shape index (κ2) is 7.14. The summed E-state index contributed by atoms with van der Waals surface area (Å²) in [7, 11) is 6.48. The standard InChI is InChI=1S/C25H41NO8/c1-6-26-11-21(12-27)8-7-15(32-3)24-18(21)19(34-5)25(30,20(24)26)23(29)10-14(31-2)13-9-22(24,28)17(23)16(13)33-4/h13-20,27-30H,6-12H2,1-5H3/t13-,14-,15+,16-,17+,18-,19+,20+,21+,22+,23-,24-,25-/m1/s1. The lowest BCUT2D eigenvalue weighted by Gasteiger charge is -2.72. The molecule has 4 N–H and O–H groups in total. The summed E-state index contributed by atoms with van der Waals surface area (Å²) in [6, 6.07) is -0.594. The van der Waals surface area contributed by atoms with Gasteiger partial charge in [0.15, 0.2) is 0 Å². The molecule has 1 spiro atoms. The Morgan fingerprint density at radius 3 is 2.21 bits per heavy atom. The van der Waals surface area contributed by atoms with Gasteiger partial charge in [0.2, 0.25) is 0 Å². The number of nitrogens with zero attached hydrogens (tertiary/aromatic N) is 1. The SMILES string of the molecule is CCN1C[C@]2(CO)CC[C@H](OC)[C@@]34[C@@H]2[C@H](OC)[C@@](O)([C@@H]13)[C@@]1(O)C[C@@H](OC)[C@H]2C[C@]4(O)[C@@H]1[C@@H]2OC. The lowest BCUT2D eigenvalue weighted by atomic mass is 9.41. The van der Waals surface area contributed by atoms with Crippen molar-refractivity contribution in [2.45, 2.75) is 79.9 Å². The number of rotatable bonds is 6. The zero-order valence-electron chi connectivity index (χ0n) is 20.9. The Kier molecular flexibility index (Phi) is 5.04. The Balaban J connectivity index is 1.73. The smallest absolute Gasteiger partial charge is 0.136 e. The molecule has 5 aliphatic carbocycles. The van der Waals surface area contributed by atoms with Crippen LogP contribution in [0.2, 0.25) is 0 Å². The molecule has 0 aromatic rings. The molecular formula is C25H41NO8. The van der Waals surface area contributed by atoms with Crippen LogP contribution in [-0.2, 0) is 18.9 Å². The van der Waals surface area contributed by atoms with Crippen LogP contribution in [0.1, 0.15) is 32.6 Å². The minimum atomic E-state index is -1.71. The first-order valence-electron chi connectivity index (χ1n) is 12.8. The molecule has 6 aliphatic rings. The maximum absolute atomic E-state index is 13.1. The zero-order valence-corrected chi connectivity index (χ0v) is 20.9. The molecule has 1 heterocycles. The van der Waals surface area contributed by atoms with Gasteiger partial charge in [0.1, 0.15) is 11.2 Å². The van der Waals surface area contributed by atoms with Crippen LogP contribution in [0.3, 0.4) is 0 Å². The van der Waals surface area contributed by atoms with Crippen molar-refractivity contribution in [3.8, 4) is 0 Å². The Bertz CT molecular complexity index is 861. The van der Waals surface area contributed by atoms with E-state index in [0.29, 0.717) is 32.4 Å². The highest BCUT2D eigenvalue weighted by molar-refractivity contribution is 5.45. The van der Waals surface area contributed by atoms with E-state index < -0.39 is 51.8 Å². The minimum Gasteiger partial charge on any atom is -0.396 e. The summed E-state index contributed by atoms with van der Waals surface area (Å²) in [6.07, 6.45) is -0.0670. The normalized spacial score (nSPS) is 61.7. The van der Waals surface area contributed by atoms with Gasteiger partial charge >= 0.3 is 0 Å². The third-order valence-corrected chi connectivity index (χ3v) is 11.7. The van der Waals surface area contributed by atoms with Crippen molar-refractivity contribution in [1.29, 1.82) is 0 Å². The van der Waals surface area contributed by atoms with Gasteiger partial charge in [-0.1, -0.05) is 6.92 Å². The summed E-state index contributed by atoms with van der Waals surface area (Å²) < 4.78 is 24.2. The molecule has 1 aliphatic heterocycles. The van der Waals surface area contributed by atoms with Crippen molar-refractivity contribution in [3.63, 3.8) is 0 Å². The summed E-state index contributed by atoms with van der Waals surface area (Å²) in [5, 5.41) is 49.7. The Labute approximate surface area is 201 Å². The van der Waals surface area contributed by atoms with Crippen LogP contribution < -0.4 is 0 Å². The fraction of sp³-hybridized carbons (Fsp3) is 1.00. The second-order valence-corrected chi connectivity index (χ2v) is 12.0. The Morgan fingerprint density at radius 2 is 1.65 bits per heavy atom. The number of aliphatic hydroxyl groups is 4. The van der Waals surface area contributed by atoms with Gasteiger partial charge in [0.05, 0.1) is 48.1 Å². The van der Waals surface area contributed by atoms with Crippen LogP contribution in [0.25, 0.3) is 0 Å². The molecule has 0 radical (unpaired) electrons. The second-order valence-electron chi connectivity index (χ2n) is 12.0. The van der Waals surface area contributed by atoms with E-state index in [9.17, 15) is 20.4 Å². The van der Waals surface area contributed by atoms with Crippen LogP contribution in [-0.4, -0.2) is 121 Å². The van der Waals surface area contributed by atoms with Gasteiger partial charge in [-0.3, -0.25) is 4.90 Å². The molecule has 6 rings (SSSR count). The number of aliphatic hydroxyl groups excluding tert-OH is 1. The van der Waals surface area contributed by atoms with Gasteiger partial charge in [-0.15, -0.1) is 0 Å². The van der Waals surface area contributed by atoms with Gasteiger partial charge in [-0.25, -0.2) is 0 Å². The number of hydrogen-bond donors (Lipinski definition) is 4. The van der Waals surface area contributed by atoms with E-state index in [2.05, 4.69) is 4.90 Å². The first kappa shape index (κ1) is 24.0. The van der Waals surface area contributed by atoms with Crippen molar-refractivity contribution >= 4 is 0 Å². The maximum atomic E-state index is 13.1. The molecule has 5 saturated carbocycles. The molecule has 194 valence electrons. The monoisotopic (exact) mass is 483 g/mol. The van der Waals surface area contributed by atoms with E-state index in [-0.39, 0.29) is 37.1 Å². The largest absolute Gasteiger partial charge is 0.396 e. The highest BCUT2D eigenvalue weighted by Gasteiger charge is 2.95. The molecule has 1 saturated heterocycles. The number of likely N-dealkylation sites (N-methyl/N-ethyl adjacent to an activating group) is 1. The molecule has 9 heteroatoms. The summed E-state index contributed by atoms with van der Waals surface area (Å²) in [5.74, 6) is -1.24. The van der Waals surface area contributed by atoms with Crippen molar-refractivity contribution < 1.29 is 39.4 Å². The molecule has 34 heavy (non-hydrogen) atoms. The van der Waals surface area contributed by atoms with Crippen LogP contribution in [0, 0.1) is 28.6 Å². The summed E-state index contributed by atoms with van der Waals surface area (Å²) >= 11 is 0. The van der Waals surface area contributed by atoms with Crippen LogP contribution in [0.15, 0.2) is 0 Å². The van der Waals surface area contributed by atoms with Crippen molar-refractivity contribution in [1.82, 2.24) is 4.90 Å². The molecule has 6 fully saturated rings. The molecule has 0 amide bonds. The third-order valence-electron chi connectivity index (χ3n) is 11.7. The van der Waals surface area contributed by atoms with E-state index >= 15 is 0 Å². The third kappa shape index (κ3) is 2.08. The van der Waals surface area contributed by atoms with Crippen LogP contribution in [0.4, 0.5) is 0 Å². The van der Waals surface area contributed by atoms with Gasteiger partial charge in [0.25, 0.3) is 0 Å². The lowest BCUT2D eigenvalue weighted by molar-refractivity contribution is -0.357. The minimum absolute atomic E-state index is 0.0774. The van der Waals surface area contributed by atoms with E-state index in [1.165, 1.54) is 0 Å². The van der Waals surface area contributed by atoms with E-state index in [1.54, 1.807) is 28.4 Å². The first-order chi connectivity index (χ1) is 16.2. The van der Waals surface area contributed by atoms with Crippen molar-refractivity contribution in [2.75, 3.05) is 48.1 Å². The molecule has 7 bridgehead atoms. The molecule has 9 nitrogen and oxygen atoms in total. The number of likely N-dealkylation sites (tertiary alicyclic amines) is 1. The Hall–Kier alpha value is -0.360. The first-order valence-corrected chi connectivity index (χ1v) is 12.8. The average molecular weight is 484 g/mol. The van der Waals surface area contributed by atoms with Gasteiger partial charge < -0.3 is 39.4 Å². The average Bonchev–Trinajstić information content (AvgIpc) is 3.20. The summed E-state index contributed by atoms with van der Waals surface area (Å²) in [5.41, 5.74) is -6.34. The van der Waals surface area contributed by atoms with E-state index in [4.69, 9.17) is 18.9 Å². The van der Waals surface area contributed by atoms with Gasteiger partial charge in [-0.2, -0.15) is 0 Å². The van der Waals surface area contributed by atoms with Crippen molar-refractivity contribution in [2.24, 2.45) is 28.6 Å². The quantitative estimate of drug-likeness (QED) is 0.392. The highest BCUT2D eigenvalue weighted by atomic mass is 16.5. The molecule has 0 aromatic carbocycles. The number of fused-ring (bicyclic) bond motifs is 2. The topological polar surface area (TPSA) is 121 Å². The predicted octanol–water partition coefficient (Wildman–Crippen LogP) is -0.614. The fourth-order valence-electron chi connectivity index (χ4n) is 11.0.